The van der Waals surface area contributed by atoms with Gasteiger partial charge >= 0.3 is 12.1 Å². The van der Waals surface area contributed by atoms with Crippen molar-refractivity contribution < 1.29 is 31.1 Å². The summed E-state index contributed by atoms with van der Waals surface area (Å²) in [5.41, 5.74) is 6.37. The lowest BCUT2D eigenvalue weighted by atomic mass is 9.99. The Balaban J connectivity index is 1.52. The second kappa shape index (κ2) is 8.10. The van der Waals surface area contributed by atoms with Gasteiger partial charge in [-0.1, -0.05) is 12.1 Å². The van der Waals surface area contributed by atoms with Crippen LogP contribution in [-0.4, -0.2) is 37.9 Å². The van der Waals surface area contributed by atoms with Gasteiger partial charge in [-0.2, -0.15) is 22.0 Å². The molecule has 4 aromatic rings. The molecule has 6 nitrogen and oxygen atoms in total. The van der Waals surface area contributed by atoms with Crippen molar-refractivity contribution in [3.63, 3.8) is 0 Å². The Hall–Kier alpha value is -3.83. The van der Waals surface area contributed by atoms with Crippen molar-refractivity contribution in [2.24, 2.45) is 0 Å². The molecule has 2 heterocycles. The number of aryl methyl sites for hydroxylation is 1. The largest absolute Gasteiger partial charge is 0.458 e. The van der Waals surface area contributed by atoms with Crippen molar-refractivity contribution in [1.29, 1.82) is 0 Å². The Kier molecular flexibility index (Phi) is 5.38. The highest BCUT2D eigenvalue weighted by molar-refractivity contribution is 5.98. The van der Waals surface area contributed by atoms with Crippen LogP contribution < -0.4 is 5.73 Å². The summed E-state index contributed by atoms with van der Waals surface area (Å²) < 4.78 is 82.8. The highest BCUT2D eigenvalue weighted by atomic mass is 19.4. The zero-order chi connectivity index (χ0) is 26.0. The maximum atomic E-state index is 15.1. The Labute approximate surface area is 200 Å². The highest BCUT2D eigenvalue weighted by Crippen LogP contribution is 2.46. The number of carbonyl (C=O) groups is 1. The number of fused-ring (bicyclic) bond motifs is 4. The van der Waals surface area contributed by atoms with Crippen LogP contribution in [0.3, 0.4) is 0 Å². The Morgan fingerprint density at radius 1 is 1.17 bits per heavy atom. The van der Waals surface area contributed by atoms with Gasteiger partial charge in [0.1, 0.15) is 17.2 Å². The van der Waals surface area contributed by atoms with E-state index in [9.17, 15) is 26.7 Å². The number of rotatable bonds is 4. The van der Waals surface area contributed by atoms with Crippen molar-refractivity contribution in [1.82, 2.24) is 19.3 Å². The van der Waals surface area contributed by atoms with E-state index in [-0.39, 0.29) is 29.9 Å². The first kappa shape index (κ1) is 23.9. The quantitative estimate of drug-likeness (QED) is 0.375. The van der Waals surface area contributed by atoms with Crippen molar-refractivity contribution in [3.05, 3.63) is 70.9 Å². The van der Waals surface area contributed by atoms with Crippen LogP contribution >= 0.6 is 0 Å². The molecule has 5 rings (SSSR count). The molecule has 0 aliphatic heterocycles. The van der Waals surface area contributed by atoms with Crippen LogP contribution in [0.25, 0.3) is 16.6 Å². The molecule has 2 aromatic carbocycles. The Morgan fingerprint density at radius 3 is 2.61 bits per heavy atom. The van der Waals surface area contributed by atoms with E-state index < -0.39 is 35.4 Å². The van der Waals surface area contributed by atoms with Crippen LogP contribution in [0.1, 0.15) is 46.4 Å². The van der Waals surface area contributed by atoms with Gasteiger partial charge in [0.2, 0.25) is 0 Å². The molecule has 1 aliphatic rings. The molecule has 0 saturated heterocycles. The van der Waals surface area contributed by atoms with Gasteiger partial charge < -0.3 is 10.6 Å². The van der Waals surface area contributed by atoms with E-state index in [2.05, 4.69) is 9.97 Å². The molecular formula is C24H19F6N5O. The minimum atomic E-state index is -5.72. The predicted molar refractivity (Wildman–Crippen MR) is 119 cm³/mol. The number of nitrogens with zero attached hydrogens (tertiary/aromatic N) is 4. The first-order chi connectivity index (χ1) is 16.9. The Morgan fingerprint density at radius 2 is 1.92 bits per heavy atom. The van der Waals surface area contributed by atoms with Crippen LogP contribution in [0.2, 0.25) is 0 Å². The number of carbonyl (C=O) groups excluding carboxylic acids is 1. The molecule has 0 fully saturated rings. The zero-order valence-electron chi connectivity index (χ0n) is 18.8. The van der Waals surface area contributed by atoms with Crippen LogP contribution in [0, 0.1) is 5.82 Å². The number of nitrogen functional groups attached to an aromatic ring is 1. The van der Waals surface area contributed by atoms with E-state index in [0.717, 1.165) is 18.2 Å². The van der Waals surface area contributed by atoms with Crippen molar-refractivity contribution in [3.8, 4) is 0 Å². The van der Waals surface area contributed by atoms with Crippen LogP contribution in [0.4, 0.5) is 32.2 Å². The van der Waals surface area contributed by atoms with Gasteiger partial charge in [-0.3, -0.25) is 9.20 Å². The fourth-order valence-electron chi connectivity index (χ4n) is 4.80. The molecule has 0 saturated carbocycles. The zero-order valence-corrected chi connectivity index (χ0v) is 18.8. The molecule has 2 aromatic heterocycles. The summed E-state index contributed by atoms with van der Waals surface area (Å²) in [6.07, 6.45) is -2.28. The van der Waals surface area contributed by atoms with Crippen LogP contribution in [0.5, 0.6) is 0 Å². The maximum Gasteiger partial charge on any atom is 0.458 e. The number of hydrogen-bond acceptors (Lipinski definition) is 4. The predicted octanol–water partition coefficient (Wildman–Crippen LogP) is 5.41. The molecule has 1 aliphatic carbocycles. The first-order valence-electron chi connectivity index (χ1n) is 11.0. The van der Waals surface area contributed by atoms with Crippen LogP contribution in [-0.2, 0) is 12.3 Å². The minimum Gasteiger partial charge on any atom is -0.382 e. The molecule has 2 N–H and O–H groups in total. The average Bonchev–Trinajstić information content (AvgIpc) is 3.46. The Bertz CT molecular complexity index is 1510. The normalized spacial score (nSPS) is 16.0. The fourth-order valence-corrected chi connectivity index (χ4v) is 4.80. The van der Waals surface area contributed by atoms with E-state index in [1.165, 1.54) is 29.6 Å². The molecule has 0 radical (unpaired) electrons. The molecule has 36 heavy (non-hydrogen) atoms. The van der Waals surface area contributed by atoms with E-state index in [1.807, 2.05) is 0 Å². The number of halogens is 6. The third-order valence-corrected chi connectivity index (χ3v) is 6.58. The number of amides is 1. The summed E-state index contributed by atoms with van der Waals surface area (Å²) in [6.45, 7) is 1.83. The van der Waals surface area contributed by atoms with Gasteiger partial charge in [-0.15, -0.1) is 0 Å². The summed E-state index contributed by atoms with van der Waals surface area (Å²) in [5.74, 6) is -6.32. The number of aromatic nitrogens is 3. The molecule has 1 atom stereocenters. The lowest BCUT2D eigenvalue weighted by Gasteiger charge is -2.29. The average molecular weight is 507 g/mol. The van der Waals surface area contributed by atoms with E-state index in [0.29, 0.717) is 28.6 Å². The lowest BCUT2D eigenvalue weighted by Crippen LogP contribution is -2.35. The summed E-state index contributed by atoms with van der Waals surface area (Å²) in [6, 6.07) is 4.59. The van der Waals surface area contributed by atoms with Crippen LogP contribution in [0.15, 0.2) is 42.9 Å². The second-order valence-electron chi connectivity index (χ2n) is 8.60. The first-order valence-corrected chi connectivity index (χ1v) is 11.0. The molecule has 188 valence electrons. The summed E-state index contributed by atoms with van der Waals surface area (Å²) >= 11 is 0. The summed E-state index contributed by atoms with van der Waals surface area (Å²) in [4.78, 5) is 23.0. The monoisotopic (exact) mass is 507 g/mol. The van der Waals surface area contributed by atoms with Gasteiger partial charge in [-0.25, -0.2) is 14.4 Å². The molecule has 1 amide bonds. The number of benzene rings is 2. The minimum absolute atomic E-state index is 0.145. The van der Waals surface area contributed by atoms with Crippen molar-refractivity contribution in [2.45, 2.75) is 37.9 Å². The van der Waals surface area contributed by atoms with E-state index >= 15 is 4.39 Å². The highest BCUT2D eigenvalue weighted by Gasteiger charge is 2.58. The van der Waals surface area contributed by atoms with Gasteiger partial charge in [0.25, 0.3) is 5.91 Å². The molecular weight excluding hydrogens is 488 g/mol. The number of alkyl halides is 5. The van der Waals surface area contributed by atoms with Crippen molar-refractivity contribution >= 4 is 28.3 Å². The van der Waals surface area contributed by atoms with E-state index in [1.54, 1.807) is 11.3 Å². The topological polar surface area (TPSA) is 76.5 Å². The summed E-state index contributed by atoms with van der Waals surface area (Å²) in [5, 5.41) is 0. The molecule has 0 spiro atoms. The molecule has 0 unspecified atom stereocenters. The van der Waals surface area contributed by atoms with Gasteiger partial charge in [0, 0.05) is 18.2 Å². The molecule has 12 heteroatoms. The second-order valence-corrected chi connectivity index (χ2v) is 8.60. The third kappa shape index (κ3) is 3.54. The maximum absolute atomic E-state index is 15.1. The fraction of sp³-hybridized carbons (Fsp3) is 0.292. The lowest BCUT2D eigenvalue weighted by molar-refractivity contribution is -0.289. The van der Waals surface area contributed by atoms with E-state index in [4.69, 9.17) is 5.73 Å². The number of anilines is 1. The molecule has 0 bridgehead atoms. The number of nitrogens with two attached hydrogens (primary N) is 1. The third-order valence-electron chi connectivity index (χ3n) is 6.58. The van der Waals surface area contributed by atoms with Gasteiger partial charge in [0.15, 0.2) is 0 Å². The summed E-state index contributed by atoms with van der Waals surface area (Å²) in [7, 11) is 0. The van der Waals surface area contributed by atoms with Gasteiger partial charge in [0.05, 0.1) is 35.2 Å². The van der Waals surface area contributed by atoms with Crippen molar-refractivity contribution in [2.75, 3.05) is 12.3 Å². The standard InChI is InChI=1S/C24H19F6N5O/c1-2-34(18-6-3-12-7-13(4-5-14(12)18)23(26,27)24(28,29)30)22(36)15-8-19-17(9-16(15)25)33-21(31)20-10-32-11-35(19)20/h4-5,7-11,18H,2-3,6H2,1H3,(H2,31,33)/t18-/m1/s1. The smallest absolute Gasteiger partial charge is 0.382 e. The number of imidazole rings is 1. The number of hydrogen-bond donors (Lipinski definition) is 1. The SMILES string of the molecule is CCN(C(=O)c1cc2c(cc1F)nc(N)c1cncn12)[C@@H]1CCc2cc(C(F)(F)C(F)(F)F)ccc21. The van der Waals surface area contributed by atoms with Gasteiger partial charge in [-0.05, 0) is 43.0 Å².